The number of benzene rings is 1. The molecule has 0 amide bonds. The highest BCUT2D eigenvalue weighted by atomic mass is 16.3. The molecule has 0 saturated carbocycles. The van der Waals surface area contributed by atoms with Crippen LogP contribution in [0.4, 0.5) is 0 Å². The second-order valence-electron chi connectivity index (χ2n) is 3.29. The van der Waals surface area contributed by atoms with Crippen molar-refractivity contribution < 1.29 is 15.3 Å². The van der Waals surface area contributed by atoms with E-state index in [1.807, 2.05) is 0 Å². The van der Waals surface area contributed by atoms with E-state index in [1.165, 1.54) is 12.1 Å². The van der Waals surface area contributed by atoms with Crippen LogP contribution in [0.2, 0.25) is 0 Å². The van der Waals surface area contributed by atoms with Gasteiger partial charge in [0.25, 0.3) is 0 Å². The molecular formula is C10H15NO3. The Balaban J connectivity index is 3.12. The third-order valence-corrected chi connectivity index (χ3v) is 2.44. The summed E-state index contributed by atoms with van der Waals surface area (Å²) < 4.78 is 0. The third kappa shape index (κ3) is 1.81. The summed E-state index contributed by atoms with van der Waals surface area (Å²) in [6, 6.07) is 4.21. The van der Waals surface area contributed by atoms with Crippen LogP contribution in [-0.4, -0.2) is 21.9 Å². The molecule has 1 atom stereocenters. The van der Waals surface area contributed by atoms with E-state index in [0.29, 0.717) is 12.0 Å². The molecule has 0 bridgehead atoms. The molecule has 1 rings (SSSR count). The van der Waals surface area contributed by atoms with E-state index in [-0.39, 0.29) is 18.0 Å². The summed E-state index contributed by atoms with van der Waals surface area (Å²) in [6.45, 7) is 1.88. The van der Waals surface area contributed by atoms with E-state index in [4.69, 9.17) is 10.8 Å². The Labute approximate surface area is 82.6 Å². The van der Waals surface area contributed by atoms with Crippen LogP contribution >= 0.6 is 0 Å². The fraction of sp³-hybridized carbons (Fsp3) is 0.400. The highest BCUT2D eigenvalue weighted by Crippen LogP contribution is 2.31. The van der Waals surface area contributed by atoms with Crippen molar-refractivity contribution in [3.8, 4) is 11.5 Å². The van der Waals surface area contributed by atoms with Crippen molar-refractivity contribution in [2.75, 3.05) is 6.54 Å². The molecule has 78 valence electrons. The first-order valence-corrected chi connectivity index (χ1v) is 4.48. The minimum Gasteiger partial charge on any atom is -0.504 e. The van der Waals surface area contributed by atoms with E-state index in [9.17, 15) is 10.2 Å². The van der Waals surface area contributed by atoms with Gasteiger partial charge in [0, 0.05) is 6.54 Å². The summed E-state index contributed by atoms with van der Waals surface area (Å²) >= 11 is 0. The lowest BCUT2D eigenvalue weighted by molar-refractivity contribution is 0.0416. The SMILES string of the molecule is CCC(O)(CN)c1ccc(O)c(O)c1. The van der Waals surface area contributed by atoms with Gasteiger partial charge in [-0.2, -0.15) is 0 Å². The largest absolute Gasteiger partial charge is 0.504 e. The second kappa shape index (κ2) is 3.86. The van der Waals surface area contributed by atoms with E-state index in [0.717, 1.165) is 0 Å². The molecule has 4 nitrogen and oxygen atoms in total. The van der Waals surface area contributed by atoms with Gasteiger partial charge in [-0.15, -0.1) is 0 Å². The maximum atomic E-state index is 10.00. The van der Waals surface area contributed by atoms with Crippen LogP contribution in [0.1, 0.15) is 18.9 Å². The lowest BCUT2D eigenvalue weighted by Gasteiger charge is -2.25. The lowest BCUT2D eigenvalue weighted by atomic mass is 9.91. The number of aliphatic hydroxyl groups is 1. The first kappa shape index (κ1) is 10.8. The molecule has 14 heavy (non-hydrogen) atoms. The highest BCUT2D eigenvalue weighted by molar-refractivity contribution is 5.42. The zero-order valence-electron chi connectivity index (χ0n) is 8.07. The Hall–Kier alpha value is -1.26. The maximum absolute atomic E-state index is 10.00. The van der Waals surface area contributed by atoms with Gasteiger partial charge < -0.3 is 21.1 Å². The number of aromatic hydroxyl groups is 2. The van der Waals surface area contributed by atoms with Crippen LogP contribution in [0, 0.1) is 0 Å². The molecular weight excluding hydrogens is 182 g/mol. The van der Waals surface area contributed by atoms with Gasteiger partial charge in [0.05, 0.1) is 0 Å². The Bertz CT molecular complexity index is 321. The van der Waals surface area contributed by atoms with Crippen LogP contribution in [-0.2, 0) is 5.60 Å². The number of hydrogen-bond donors (Lipinski definition) is 4. The van der Waals surface area contributed by atoms with Crippen molar-refractivity contribution in [1.29, 1.82) is 0 Å². The zero-order chi connectivity index (χ0) is 10.8. The molecule has 1 unspecified atom stereocenters. The van der Waals surface area contributed by atoms with E-state index in [2.05, 4.69) is 0 Å². The Morgan fingerprint density at radius 3 is 2.36 bits per heavy atom. The van der Waals surface area contributed by atoms with Crippen LogP contribution in [0.3, 0.4) is 0 Å². The fourth-order valence-electron chi connectivity index (χ4n) is 1.28. The molecule has 0 aliphatic rings. The number of rotatable bonds is 3. The first-order chi connectivity index (χ1) is 6.53. The van der Waals surface area contributed by atoms with E-state index < -0.39 is 5.60 Å². The van der Waals surface area contributed by atoms with Crippen LogP contribution in [0.25, 0.3) is 0 Å². The van der Waals surface area contributed by atoms with Gasteiger partial charge in [-0.05, 0) is 24.1 Å². The molecule has 4 heteroatoms. The third-order valence-electron chi connectivity index (χ3n) is 2.44. The molecule has 0 aliphatic carbocycles. The standard InChI is InChI=1S/C10H15NO3/c1-2-10(14,6-11)7-3-4-8(12)9(13)5-7/h3-5,12-14H,2,6,11H2,1H3. The molecule has 0 aliphatic heterocycles. The van der Waals surface area contributed by atoms with Crippen molar-refractivity contribution in [2.24, 2.45) is 5.73 Å². The average Bonchev–Trinajstić information content (AvgIpc) is 2.21. The van der Waals surface area contributed by atoms with Crippen molar-refractivity contribution in [3.63, 3.8) is 0 Å². The summed E-state index contributed by atoms with van der Waals surface area (Å²) in [5, 5.41) is 28.3. The number of hydrogen-bond acceptors (Lipinski definition) is 4. The topological polar surface area (TPSA) is 86.7 Å². The van der Waals surface area contributed by atoms with Crippen molar-refractivity contribution in [2.45, 2.75) is 18.9 Å². The molecule has 0 fully saturated rings. The summed E-state index contributed by atoms with van der Waals surface area (Å²) in [4.78, 5) is 0. The van der Waals surface area contributed by atoms with Crippen LogP contribution in [0.15, 0.2) is 18.2 Å². The number of nitrogens with two attached hydrogens (primary N) is 1. The Morgan fingerprint density at radius 1 is 1.29 bits per heavy atom. The predicted octanol–water partition coefficient (Wildman–Crippen LogP) is 0.654. The second-order valence-corrected chi connectivity index (χ2v) is 3.29. The van der Waals surface area contributed by atoms with Crippen LogP contribution < -0.4 is 5.73 Å². The zero-order valence-corrected chi connectivity index (χ0v) is 8.07. The van der Waals surface area contributed by atoms with Gasteiger partial charge in [-0.1, -0.05) is 13.0 Å². The van der Waals surface area contributed by atoms with Gasteiger partial charge >= 0.3 is 0 Å². The summed E-state index contributed by atoms with van der Waals surface area (Å²) in [5.74, 6) is -0.452. The maximum Gasteiger partial charge on any atom is 0.157 e. The van der Waals surface area contributed by atoms with Gasteiger partial charge in [0.1, 0.15) is 5.60 Å². The first-order valence-electron chi connectivity index (χ1n) is 4.48. The normalized spacial score (nSPS) is 15.1. The van der Waals surface area contributed by atoms with Crippen molar-refractivity contribution in [1.82, 2.24) is 0 Å². The van der Waals surface area contributed by atoms with Gasteiger partial charge in [-0.25, -0.2) is 0 Å². The van der Waals surface area contributed by atoms with E-state index in [1.54, 1.807) is 13.0 Å². The minimum atomic E-state index is -1.13. The van der Waals surface area contributed by atoms with Crippen molar-refractivity contribution in [3.05, 3.63) is 23.8 Å². The van der Waals surface area contributed by atoms with E-state index >= 15 is 0 Å². The lowest BCUT2D eigenvalue weighted by Crippen LogP contribution is -2.33. The number of phenolic OH excluding ortho intramolecular Hbond substituents is 2. The number of phenols is 2. The van der Waals surface area contributed by atoms with Crippen molar-refractivity contribution >= 4 is 0 Å². The molecule has 0 aromatic heterocycles. The quantitative estimate of drug-likeness (QED) is 0.536. The molecule has 1 aromatic rings. The highest BCUT2D eigenvalue weighted by Gasteiger charge is 2.25. The van der Waals surface area contributed by atoms with Gasteiger partial charge in [0.15, 0.2) is 11.5 Å². The fourth-order valence-corrected chi connectivity index (χ4v) is 1.28. The predicted molar refractivity (Wildman–Crippen MR) is 53.0 cm³/mol. The average molecular weight is 197 g/mol. The Kier molecular flexibility index (Phi) is 2.98. The smallest absolute Gasteiger partial charge is 0.157 e. The molecule has 1 aromatic carbocycles. The van der Waals surface area contributed by atoms with Crippen LogP contribution in [0.5, 0.6) is 11.5 Å². The molecule has 0 heterocycles. The molecule has 0 saturated heterocycles. The summed E-state index contributed by atoms with van der Waals surface area (Å²) in [6.07, 6.45) is 0.452. The molecule has 0 spiro atoms. The summed E-state index contributed by atoms with van der Waals surface area (Å²) in [7, 11) is 0. The minimum absolute atomic E-state index is 0.0771. The summed E-state index contributed by atoms with van der Waals surface area (Å²) in [5.41, 5.74) is 4.82. The molecule has 5 N–H and O–H groups in total. The molecule has 0 radical (unpaired) electrons. The monoisotopic (exact) mass is 197 g/mol. The van der Waals surface area contributed by atoms with Gasteiger partial charge in [0.2, 0.25) is 0 Å². The Morgan fingerprint density at radius 2 is 1.93 bits per heavy atom. The van der Waals surface area contributed by atoms with Gasteiger partial charge in [-0.3, -0.25) is 0 Å².